The molecule has 0 unspecified atom stereocenters. The zero-order valence-corrected chi connectivity index (χ0v) is 11.5. The van der Waals surface area contributed by atoms with E-state index in [1.54, 1.807) is 7.11 Å². The lowest BCUT2D eigenvalue weighted by molar-refractivity contribution is -0.137. The minimum absolute atomic E-state index is 0.156. The van der Waals surface area contributed by atoms with Gasteiger partial charge in [0.15, 0.2) is 11.5 Å². The van der Waals surface area contributed by atoms with E-state index in [4.69, 9.17) is 19.3 Å². The van der Waals surface area contributed by atoms with E-state index in [1.807, 2.05) is 12.1 Å². The van der Waals surface area contributed by atoms with Crippen LogP contribution in [0.5, 0.6) is 11.5 Å². The summed E-state index contributed by atoms with van der Waals surface area (Å²) in [6.07, 6.45) is 1.95. The minimum atomic E-state index is -0.763. The maximum atomic E-state index is 11.1. The molecule has 1 aliphatic carbocycles. The predicted octanol–water partition coefficient (Wildman–Crippen LogP) is 2.11. The second-order valence-corrected chi connectivity index (χ2v) is 5.44. The van der Waals surface area contributed by atoms with Crippen molar-refractivity contribution in [3.63, 3.8) is 0 Å². The van der Waals surface area contributed by atoms with Gasteiger partial charge >= 0.3 is 5.97 Å². The van der Waals surface area contributed by atoms with Gasteiger partial charge in [-0.1, -0.05) is 0 Å². The topological polar surface area (TPSA) is 65.0 Å². The van der Waals surface area contributed by atoms with Crippen molar-refractivity contribution in [1.82, 2.24) is 0 Å². The number of ether oxygens (including phenoxy) is 3. The number of benzene rings is 1. The molecule has 2 aliphatic rings. The molecule has 0 atom stereocenters. The second kappa shape index (κ2) is 4.98. The van der Waals surface area contributed by atoms with E-state index >= 15 is 0 Å². The summed E-state index contributed by atoms with van der Waals surface area (Å²) in [6, 6.07) is 3.87. The normalized spacial score (nSPS) is 18.6. The van der Waals surface area contributed by atoms with Crippen LogP contribution in [0.3, 0.4) is 0 Å². The van der Waals surface area contributed by atoms with E-state index < -0.39 is 5.97 Å². The van der Waals surface area contributed by atoms with Crippen molar-refractivity contribution in [1.29, 1.82) is 0 Å². The highest BCUT2D eigenvalue weighted by Crippen LogP contribution is 2.54. The fraction of sp³-hybridized carbons (Fsp3) is 0.533. The Morgan fingerprint density at radius 1 is 1.30 bits per heavy atom. The Morgan fingerprint density at radius 2 is 1.95 bits per heavy atom. The lowest BCUT2D eigenvalue weighted by Crippen LogP contribution is -2.19. The Bertz CT molecular complexity index is 533. The summed E-state index contributed by atoms with van der Waals surface area (Å²) in [5.74, 6) is 0.668. The van der Waals surface area contributed by atoms with Gasteiger partial charge in [-0.25, -0.2) is 0 Å². The van der Waals surface area contributed by atoms with E-state index in [-0.39, 0.29) is 11.8 Å². The van der Waals surface area contributed by atoms with E-state index in [2.05, 4.69) is 0 Å². The number of carbonyl (C=O) groups is 1. The molecule has 1 aromatic rings. The monoisotopic (exact) mass is 278 g/mol. The third-order valence-electron chi connectivity index (χ3n) is 3.98. The third-order valence-corrected chi connectivity index (χ3v) is 3.98. The molecule has 1 aromatic carbocycles. The second-order valence-electron chi connectivity index (χ2n) is 5.44. The quantitative estimate of drug-likeness (QED) is 0.893. The molecule has 0 saturated heterocycles. The summed E-state index contributed by atoms with van der Waals surface area (Å²) < 4.78 is 16.4. The summed E-state index contributed by atoms with van der Waals surface area (Å²) in [5, 5.41) is 9.12. The summed E-state index contributed by atoms with van der Waals surface area (Å²) in [5.41, 5.74) is 1.77. The fourth-order valence-corrected chi connectivity index (χ4v) is 2.88. The molecule has 0 amide bonds. The van der Waals surface area contributed by atoms with Gasteiger partial charge in [-0.05, 0) is 36.1 Å². The first-order chi connectivity index (χ1) is 9.64. The molecule has 0 bridgehead atoms. The zero-order valence-electron chi connectivity index (χ0n) is 11.5. The highest BCUT2D eigenvalue weighted by atomic mass is 16.6. The lowest BCUT2D eigenvalue weighted by atomic mass is 9.88. The number of fused-ring (bicyclic) bond motifs is 1. The van der Waals surface area contributed by atoms with Crippen LogP contribution >= 0.6 is 0 Å². The molecule has 1 N–H and O–H groups in total. The average molecular weight is 278 g/mol. The first-order valence-electron chi connectivity index (χ1n) is 6.78. The molecule has 1 saturated carbocycles. The summed E-state index contributed by atoms with van der Waals surface area (Å²) >= 11 is 0. The Labute approximate surface area is 117 Å². The van der Waals surface area contributed by atoms with Gasteiger partial charge in [0, 0.05) is 12.5 Å². The Hall–Kier alpha value is -1.75. The van der Waals surface area contributed by atoms with Gasteiger partial charge < -0.3 is 19.3 Å². The van der Waals surface area contributed by atoms with Crippen LogP contribution in [0.1, 0.15) is 30.4 Å². The predicted molar refractivity (Wildman–Crippen MR) is 71.3 cm³/mol. The van der Waals surface area contributed by atoms with Crippen molar-refractivity contribution in [2.75, 3.05) is 20.3 Å². The smallest absolute Gasteiger partial charge is 0.304 e. The first kappa shape index (κ1) is 13.2. The van der Waals surface area contributed by atoms with Crippen molar-refractivity contribution in [2.45, 2.75) is 31.3 Å². The van der Waals surface area contributed by atoms with Crippen LogP contribution in [0.25, 0.3) is 0 Å². The lowest BCUT2D eigenvalue weighted by Gasteiger charge is -2.24. The molecule has 5 nitrogen and oxygen atoms in total. The molecule has 0 spiro atoms. The molecule has 20 heavy (non-hydrogen) atoms. The van der Waals surface area contributed by atoms with Crippen molar-refractivity contribution in [3.05, 3.63) is 23.3 Å². The molecule has 1 heterocycles. The van der Waals surface area contributed by atoms with Crippen LogP contribution < -0.4 is 9.47 Å². The van der Waals surface area contributed by atoms with Crippen LogP contribution in [-0.2, 0) is 21.6 Å². The largest absolute Gasteiger partial charge is 0.486 e. The van der Waals surface area contributed by atoms with Crippen LogP contribution in [0.15, 0.2) is 12.1 Å². The molecule has 0 radical (unpaired) electrons. The first-order valence-corrected chi connectivity index (χ1v) is 6.78. The summed E-state index contributed by atoms with van der Waals surface area (Å²) in [4.78, 5) is 11.1. The number of methoxy groups -OCH3 is 1. The molecule has 5 heteroatoms. The number of hydrogen-bond donors (Lipinski definition) is 1. The van der Waals surface area contributed by atoms with E-state index in [9.17, 15) is 4.79 Å². The highest BCUT2D eigenvalue weighted by molar-refractivity contribution is 5.70. The zero-order chi connectivity index (χ0) is 14.2. The average Bonchev–Trinajstić information content (AvgIpc) is 3.18. The van der Waals surface area contributed by atoms with Crippen molar-refractivity contribution >= 4 is 5.97 Å². The van der Waals surface area contributed by atoms with Crippen molar-refractivity contribution in [2.24, 2.45) is 0 Å². The molecular weight excluding hydrogens is 260 g/mol. The molecule has 3 rings (SSSR count). The van der Waals surface area contributed by atoms with Gasteiger partial charge in [0.1, 0.15) is 13.2 Å². The molecule has 1 aliphatic heterocycles. The van der Waals surface area contributed by atoms with Gasteiger partial charge in [-0.3, -0.25) is 4.79 Å². The van der Waals surface area contributed by atoms with Crippen molar-refractivity contribution in [3.8, 4) is 11.5 Å². The van der Waals surface area contributed by atoms with Crippen LogP contribution in [0, 0.1) is 0 Å². The summed E-state index contributed by atoms with van der Waals surface area (Å²) in [7, 11) is 1.64. The minimum Gasteiger partial charge on any atom is -0.486 e. The highest BCUT2D eigenvalue weighted by Gasteiger charge is 2.47. The van der Waals surface area contributed by atoms with Gasteiger partial charge in [0.2, 0.25) is 0 Å². The number of hydrogen-bond acceptors (Lipinski definition) is 4. The Kier molecular flexibility index (Phi) is 3.30. The fourth-order valence-electron chi connectivity index (χ4n) is 2.88. The van der Waals surface area contributed by atoms with Crippen LogP contribution in [-0.4, -0.2) is 31.4 Å². The van der Waals surface area contributed by atoms with Gasteiger partial charge in [0.25, 0.3) is 0 Å². The number of carboxylic acid groups (broad SMARTS) is 1. The number of rotatable bonds is 5. The standard InChI is InChI=1S/C15H18O5/c1-18-9-10-6-12-13(20-5-4-19-12)7-11(10)15(2-3-15)8-14(16)17/h6-7H,2-5,8-9H2,1H3,(H,16,17). The third kappa shape index (κ3) is 2.33. The maximum Gasteiger partial charge on any atom is 0.304 e. The van der Waals surface area contributed by atoms with E-state index in [0.717, 1.165) is 29.7 Å². The Morgan fingerprint density at radius 3 is 2.50 bits per heavy atom. The van der Waals surface area contributed by atoms with E-state index in [1.165, 1.54) is 0 Å². The molecule has 1 fully saturated rings. The van der Waals surface area contributed by atoms with Gasteiger partial charge in [-0.15, -0.1) is 0 Å². The molecule has 108 valence electrons. The van der Waals surface area contributed by atoms with Gasteiger partial charge in [0.05, 0.1) is 13.0 Å². The number of aliphatic carboxylic acids is 1. The van der Waals surface area contributed by atoms with Crippen LogP contribution in [0.2, 0.25) is 0 Å². The Balaban J connectivity index is 2.01. The SMILES string of the molecule is COCc1cc2c(cc1C1(CC(=O)O)CC1)OCCO2. The maximum absolute atomic E-state index is 11.1. The number of carboxylic acids is 1. The van der Waals surface area contributed by atoms with Crippen molar-refractivity contribution < 1.29 is 24.1 Å². The van der Waals surface area contributed by atoms with Crippen LogP contribution in [0.4, 0.5) is 0 Å². The molecular formula is C15H18O5. The summed E-state index contributed by atoms with van der Waals surface area (Å²) in [6.45, 7) is 1.52. The van der Waals surface area contributed by atoms with Gasteiger partial charge in [-0.2, -0.15) is 0 Å². The molecule has 0 aromatic heterocycles. The van der Waals surface area contributed by atoms with E-state index in [0.29, 0.717) is 25.6 Å².